The van der Waals surface area contributed by atoms with E-state index in [0.717, 1.165) is 53.7 Å². The van der Waals surface area contributed by atoms with E-state index in [1.54, 1.807) is 23.1 Å². The Morgan fingerprint density at radius 3 is 2.68 bits per heavy atom. The second kappa shape index (κ2) is 7.96. The summed E-state index contributed by atoms with van der Waals surface area (Å²) in [7, 11) is -3.52. The molecule has 164 valence electrons. The van der Waals surface area contributed by atoms with Gasteiger partial charge in [-0.25, -0.2) is 18.4 Å². The van der Waals surface area contributed by atoms with Crippen molar-refractivity contribution >= 4 is 32.8 Å². The summed E-state index contributed by atoms with van der Waals surface area (Å²) in [6, 6.07) is 6.94. The van der Waals surface area contributed by atoms with E-state index in [4.69, 9.17) is 4.98 Å². The number of likely N-dealkylation sites (tertiary alicyclic amines) is 1. The quantitative estimate of drug-likeness (QED) is 0.643. The summed E-state index contributed by atoms with van der Waals surface area (Å²) in [6.45, 7) is 6.41. The Bertz CT molecular complexity index is 1270. The standard InChI is InChI=1S/C22H27N5O3S/c1-13-8-9-17(26-31(4,29)30)16(11-13)22(28)27-10-6-5-7-18(27)20-24-19-14(2)12-15(3)23-21(19)25-20/h8-9,11-12,18,26H,5-7,10H2,1-4H3,(H,23,24,25)/t18-/m1/s1. The molecule has 0 unspecified atom stereocenters. The van der Waals surface area contributed by atoms with Gasteiger partial charge in [0, 0.05) is 12.2 Å². The maximum Gasteiger partial charge on any atom is 0.256 e. The van der Waals surface area contributed by atoms with Crippen molar-refractivity contribution in [3.63, 3.8) is 0 Å². The maximum atomic E-state index is 13.6. The molecule has 0 radical (unpaired) electrons. The van der Waals surface area contributed by atoms with Crippen LogP contribution in [0.4, 0.5) is 5.69 Å². The lowest BCUT2D eigenvalue weighted by molar-refractivity contribution is 0.0602. The number of nitrogens with one attached hydrogen (secondary N) is 2. The van der Waals surface area contributed by atoms with Crippen LogP contribution in [-0.4, -0.2) is 47.0 Å². The van der Waals surface area contributed by atoms with E-state index in [1.807, 2.05) is 26.8 Å². The Morgan fingerprint density at radius 1 is 1.16 bits per heavy atom. The highest BCUT2D eigenvalue weighted by molar-refractivity contribution is 7.92. The van der Waals surface area contributed by atoms with E-state index in [1.165, 1.54) is 0 Å². The fraction of sp³-hybridized carbons (Fsp3) is 0.409. The number of benzene rings is 1. The Balaban J connectivity index is 1.74. The molecule has 1 aliphatic heterocycles. The summed E-state index contributed by atoms with van der Waals surface area (Å²) in [4.78, 5) is 28.0. The number of pyridine rings is 1. The van der Waals surface area contributed by atoms with Gasteiger partial charge in [0.25, 0.3) is 5.91 Å². The smallest absolute Gasteiger partial charge is 0.256 e. The van der Waals surface area contributed by atoms with E-state index < -0.39 is 10.0 Å². The molecule has 2 N–H and O–H groups in total. The lowest BCUT2D eigenvalue weighted by Crippen LogP contribution is -2.39. The van der Waals surface area contributed by atoms with Gasteiger partial charge in [-0.2, -0.15) is 0 Å². The van der Waals surface area contributed by atoms with Gasteiger partial charge in [-0.05, 0) is 63.8 Å². The summed E-state index contributed by atoms with van der Waals surface area (Å²) in [5.74, 6) is 0.510. The number of hydrogen-bond donors (Lipinski definition) is 2. The van der Waals surface area contributed by atoms with Gasteiger partial charge in [-0.3, -0.25) is 9.52 Å². The number of aromatic amines is 1. The van der Waals surface area contributed by atoms with Crippen molar-refractivity contribution in [2.24, 2.45) is 0 Å². The summed E-state index contributed by atoms with van der Waals surface area (Å²) < 4.78 is 26.1. The van der Waals surface area contributed by atoms with Crippen LogP contribution in [0.5, 0.6) is 0 Å². The molecule has 9 heteroatoms. The molecule has 1 atom stereocenters. The number of imidazole rings is 1. The first-order chi connectivity index (χ1) is 14.6. The summed E-state index contributed by atoms with van der Waals surface area (Å²) >= 11 is 0. The molecule has 8 nitrogen and oxygen atoms in total. The number of carbonyl (C=O) groups excluding carboxylic acids is 1. The number of sulfonamides is 1. The highest BCUT2D eigenvalue weighted by Gasteiger charge is 2.32. The van der Waals surface area contributed by atoms with Crippen molar-refractivity contribution in [1.29, 1.82) is 0 Å². The summed E-state index contributed by atoms with van der Waals surface area (Å²) in [5, 5.41) is 0. The first kappa shape index (κ1) is 21.3. The van der Waals surface area contributed by atoms with Crippen LogP contribution in [0, 0.1) is 20.8 Å². The Kier molecular flexibility index (Phi) is 5.47. The molecule has 2 aromatic heterocycles. The van der Waals surface area contributed by atoms with Gasteiger partial charge in [0.1, 0.15) is 5.82 Å². The Morgan fingerprint density at radius 2 is 1.94 bits per heavy atom. The molecule has 31 heavy (non-hydrogen) atoms. The fourth-order valence-electron chi connectivity index (χ4n) is 4.22. The largest absolute Gasteiger partial charge is 0.339 e. The third kappa shape index (κ3) is 4.41. The normalized spacial score (nSPS) is 17.2. The van der Waals surface area contributed by atoms with E-state index >= 15 is 0 Å². The Labute approximate surface area is 182 Å². The summed E-state index contributed by atoms with van der Waals surface area (Å²) in [5.41, 5.74) is 5.02. The van der Waals surface area contributed by atoms with Crippen LogP contribution in [0.1, 0.15) is 58.3 Å². The third-order valence-electron chi connectivity index (χ3n) is 5.59. The zero-order valence-corrected chi connectivity index (χ0v) is 19.0. The molecule has 1 amide bonds. The minimum absolute atomic E-state index is 0.208. The van der Waals surface area contributed by atoms with E-state index in [-0.39, 0.29) is 11.9 Å². The van der Waals surface area contributed by atoms with Gasteiger partial charge >= 0.3 is 0 Å². The highest BCUT2D eigenvalue weighted by atomic mass is 32.2. The van der Waals surface area contributed by atoms with E-state index in [9.17, 15) is 13.2 Å². The Hall–Kier alpha value is -2.94. The number of H-pyrrole nitrogens is 1. The fourth-order valence-corrected chi connectivity index (χ4v) is 4.80. The number of anilines is 1. The third-order valence-corrected chi connectivity index (χ3v) is 6.18. The maximum absolute atomic E-state index is 13.6. The van der Waals surface area contributed by atoms with Crippen molar-refractivity contribution in [1.82, 2.24) is 19.9 Å². The minimum Gasteiger partial charge on any atom is -0.339 e. The topological polar surface area (TPSA) is 108 Å². The molecule has 0 bridgehead atoms. The van der Waals surface area contributed by atoms with E-state index in [0.29, 0.717) is 23.4 Å². The lowest BCUT2D eigenvalue weighted by atomic mass is 9.99. The summed E-state index contributed by atoms with van der Waals surface area (Å²) in [6.07, 6.45) is 3.74. The molecule has 1 aliphatic rings. The molecule has 1 saturated heterocycles. The molecule has 1 aromatic carbocycles. The van der Waals surface area contributed by atoms with Gasteiger partial charge in [-0.15, -0.1) is 0 Å². The van der Waals surface area contributed by atoms with Gasteiger partial charge in [-0.1, -0.05) is 11.6 Å². The van der Waals surface area contributed by atoms with Crippen LogP contribution >= 0.6 is 0 Å². The first-order valence-electron chi connectivity index (χ1n) is 10.4. The van der Waals surface area contributed by atoms with Crippen molar-refractivity contribution in [2.75, 3.05) is 17.5 Å². The minimum atomic E-state index is -3.52. The molecule has 1 fully saturated rings. The molecule has 3 aromatic rings. The number of carbonyl (C=O) groups is 1. The number of nitrogens with zero attached hydrogens (tertiary/aromatic N) is 3. The van der Waals surface area contributed by atoms with Crippen molar-refractivity contribution in [3.05, 3.63) is 52.5 Å². The van der Waals surface area contributed by atoms with Crippen molar-refractivity contribution < 1.29 is 13.2 Å². The molecule has 3 heterocycles. The number of hydrogen-bond acceptors (Lipinski definition) is 5. The van der Waals surface area contributed by atoms with Gasteiger partial charge < -0.3 is 9.88 Å². The number of fused-ring (bicyclic) bond motifs is 1. The number of amides is 1. The second-order valence-electron chi connectivity index (χ2n) is 8.33. The van der Waals surface area contributed by atoms with Crippen LogP contribution in [0.3, 0.4) is 0 Å². The van der Waals surface area contributed by atoms with Crippen molar-refractivity contribution in [2.45, 2.75) is 46.1 Å². The van der Waals surface area contributed by atoms with Gasteiger partial charge in [0.05, 0.1) is 29.1 Å². The average molecular weight is 442 g/mol. The van der Waals surface area contributed by atoms with Gasteiger partial charge in [0.15, 0.2) is 5.65 Å². The number of aromatic nitrogens is 3. The predicted molar refractivity (Wildman–Crippen MR) is 121 cm³/mol. The molecular weight excluding hydrogens is 414 g/mol. The van der Waals surface area contributed by atoms with E-state index in [2.05, 4.69) is 14.7 Å². The van der Waals surface area contributed by atoms with Crippen LogP contribution in [0.25, 0.3) is 11.2 Å². The average Bonchev–Trinajstić information content (AvgIpc) is 3.12. The second-order valence-corrected chi connectivity index (χ2v) is 10.1. The molecule has 0 aliphatic carbocycles. The van der Waals surface area contributed by atoms with Crippen LogP contribution < -0.4 is 4.72 Å². The van der Waals surface area contributed by atoms with Gasteiger partial charge in [0.2, 0.25) is 10.0 Å². The monoisotopic (exact) mass is 441 g/mol. The predicted octanol–water partition coefficient (Wildman–Crippen LogP) is 3.62. The van der Waals surface area contributed by atoms with Crippen LogP contribution in [0.15, 0.2) is 24.3 Å². The molecule has 0 spiro atoms. The number of aryl methyl sites for hydroxylation is 3. The SMILES string of the molecule is Cc1ccc(NS(C)(=O)=O)c(C(=O)N2CCCC[C@@H]2c2nc3nc(C)cc(C)c3[nH]2)c1. The molecular formula is C22H27N5O3S. The zero-order valence-electron chi connectivity index (χ0n) is 18.2. The molecule has 4 rings (SSSR count). The zero-order chi connectivity index (χ0) is 22.3. The number of rotatable bonds is 4. The highest BCUT2D eigenvalue weighted by Crippen LogP contribution is 2.33. The van der Waals surface area contributed by atoms with Crippen LogP contribution in [-0.2, 0) is 10.0 Å². The number of piperidine rings is 1. The lowest BCUT2D eigenvalue weighted by Gasteiger charge is -2.35. The first-order valence-corrected chi connectivity index (χ1v) is 12.2. The van der Waals surface area contributed by atoms with Crippen LogP contribution in [0.2, 0.25) is 0 Å². The molecule has 0 saturated carbocycles. The van der Waals surface area contributed by atoms with Crippen molar-refractivity contribution in [3.8, 4) is 0 Å².